The third kappa shape index (κ3) is 6.30. The minimum Gasteiger partial charge on any atom is -0.444 e. The molecule has 0 saturated carbocycles. The quantitative estimate of drug-likeness (QED) is 0.738. The van der Waals surface area contributed by atoms with E-state index in [1.807, 2.05) is 0 Å². The van der Waals surface area contributed by atoms with Gasteiger partial charge in [0, 0.05) is 6.54 Å². The van der Waals surface area contributed by atoms with Crippen LogP contribution in [0.5, 0.6) is 0 Å². The second-order valence-corrected chi connectivity index (χ2v) is 4.85. The van der Waals surface area contributed by atoms with Crippen molar-refractivity contribution < 1.29 is 9.53 Å². The van der Waals surface area contributed by atoms with Gasteiger partial charge >= 0.3 is 6.09 Å². The first-order valence-corrected chi connectivity index (χ1v) is 4.54. The highest BCUT2D eigenvalue weighted by molar-refractivity contribution is 5.67. The molecule has 0 fully saturated rings. The SMILES string of the molecule is CC(C)(C#N)CNC(=O)OC(C)(C)C. The van der Waals surface area contributed by atoms with Crippen molar-refractivity contribution in [3.05, 3.63) is 0 Å². The highest BCUT2D eigenvalue weighted by Crippen LogP contribution is 2.11. The van der Waals surface area contributed by atoms with Gasteiger partial charge in [-0.05, 0) is 34.6 Å². The number of hydrogen-bond donors (Lipinski definition) is 1. The molecule has 1 N–H and O–H groups in total. The maximum absolute atomic E-state index is 11.2. The number of hydrogen-bond acceptors (Lipinski definition) is 3. The average molecular weight is 198 g/mol. The van der Waals surface area contributed by atoms with Gasteiger partial charge in [0.1, 0.15) is 5.60 Å². The molecule has 0 aliphatic heterocycles. The Bertz CT molecular complexity index is 246. The normalized spacial score (nSPS) is 11.7. The lowest BCUT2D eigenvalue weighted by atomic mass is 9.96. The molecule has 0 aliphatic carbocycles. The number of nitrogens with one attached hydrogen (secondary N) is 1. The molecule has 0 saturated heterocycles. The summed E-state index contributed by atoms with van der Waals surface area (Å²) < 4.78 is 5.02. The van der Waals surface area contributed by atoms with E-state index in [9.17, 15) is 4.79 Å². The molecular formula is C10H18N2O2. The summed E-state index contributed by atoms with van der Waals surface area (Å²) in [5.41, 5.74) is -1.06. The van der Waals surface area contributed by atoms with Gasteiger partial charge in [0.2, 0.25) is 0 Å². The summed E-state index contributed by atoms with van der Waals surface area (Å²) in [5.74, 6) is 0. The molecule has 0 heterocycles. The summed E-state index contributed by atoms with van der Waals surface area (Å²) in [5, 5.41) is 11.2. The summed E-state index contributed by atoms with van der Waals surface area (Å²) in [7, 11) is 0. The Hall–Kier alpha value is -1.24. The van der Waals surface area contributed by atoms with Crippen LogP contribution >= 0.6 is 0 Å². The van der Waals surface area contributed by atoms with Crippen LogP contribution in [0.15, 0.2) is 0 Å². The van der Waals surface area contributed by atoms with Crippen molar-refractivity contribution in [2.24, 2.45) is 5.41 Å². The van der Waals surface area contributed by atoms with Crippen molar-refractivity contribution in [3.63, 3.8) is 0 Å². The maximum atomic E-state index is 11.2. The molecule has 4 heteroatoms. The van der Waals surface area contributed by atoms with E-state index in [1.54, 1.807) is 34.6 Å². The number of nitrogens with zero attached hydrogens (tertiary/aromatic N) is 1. The lowest BCUT2D eigenvalue weighted by molar-refractivity contribution is 0.0515. The molecule has 4 nitrogen and oxygen atoms in total. The monoisotopic (exact) mass is 198 g/mol. The molecule has 0 radical (unpaired) electrons. The van der Waals surface area contributed by atoms with Crippen LogP contribution in [0.1, 0.15) is 34.6 Å². The van der Waals surface area contributed by atoms with E-state index < -0.39 is 17.1 Å². The lowest BCUT2D eigenvalue weighted by Crippen LogP contribution is -2.37. The lowest BCUT2D eigenvalue weighted by Gasteiger charge is -2.21. The molecule has 14 heavy (non-hydrogen) atoms. The minimum atomic E-state index is -0.559. The summed E-state index contributed by atoms with van der Waals surface area (Å²) in [4.78, 5) is 11.2. The number of carbonyl (C=O) groups excluding carboxylic acids is 1. The number of ether oxygens (including phenoxy) is 1. The smallest absolute Gasteiger partial charge is 0.407 e. The van der Waals surface area contributed by atoms with Gasteiger partial charge in [-0.25, -0.2) is 4.79 Å². The third-order valence-corrected chi connectivity index (χ3v) is 1.38. The van der Waals surface area contributed by atoms with Gasteiger partial charge in [0.15, 0.2) is 0 Å². The molecule has 0 atom stereocenters. The molecule has 0 unspecified atom stereocenters. The Morgan fingerprint density at radius 2 is 1.86 bits per heavy atom. The molecule has 1 amide bonds. The van der Waals surface area contributed by atoms with E-state index in [-0.39, 0.29) is 0 Å². The fraction of sp³-hybridized carbons (Fsp3) is 0.800. The number of nitriles is 1. The van der Waals surface area contributed by atoms with Crippen LogP contribution < -0.4 is 5.32 Å². The Morgan fingerprint density at radius 3 is 2.21 bits per heavy atom. The largest absolute Gasteiger partial charge is 0.444 e. The van der Waals surface area contributed by atoms with E-state index in [0.717, 1.165) is 0 Å². The first kappa shape index (κ1) is 12.8. The molecule has 0 bridgehead atoms. The molecule has 0 aromatic rings. The highest BCUT2D eigenvalue weighted by Gasteiger charge is 2.20. The summed E-state index contributed by atoms with van der Waals surface area (Å²) in [6.07, 6.45) is -0.485. The van der Waals surface area contributed by atoms with E-state index in [1.165, 1.54) is 0 Å². The zero-order chi connectivity index (χ0) is 11.4. The minimum absolute atomic E-state index is 0.290. The Labute approximate surface area is 85.2 Å². The Balaban J connectivity index is 3.95. The van der Waals surface area contributed by atoms with Gasteiger partial charge in [0.25, 0.3) is 0 Å². The van der Waals surface area contributed by atoms with Gasteiger partial charge in [-0.15, -0.1) is 0 Å². The van der Waals surface area contributed by atoms with Crippen LogP contribution in [0, 0.1) is 16.7 Å². The van der Waals surface area contributed by atoms with Gasteiger partial charge in [0.05, 0.1) is 11.5 Å². The highest BCUT2D eigenvalue weighted by atomic mass is 16.6. The molecule has 0 spiro atoms. The predicted octanol–water partition coefficient (Wildman–Crippen LogP) is 2.06. The fourth-order valence-electron chi connectivity index (χ4n) is 0.647. The Morgan fingerprint density at radius 1 is 1.36 bits per heavy atom. The van der Waals surface area contributed by atoms with Crippen LogP contribution in [-0.2, 0) is 4.74 Å². The van der Waals surface area contributed by atoms with Gasteiger partial charge in [-0.3, -0.25) is 0 Å². The zero-order valence-corrected chi connectivity index (χ0v) is 9.47. The van der Waals surface area contributed by atoms with Crippen LogP contribution in [0.2, 0.25) is 0 Å². The number of rotatable bonds is 2. The van der Waals surface area contributed by atoms with Crippen LogP contribution in [0.4, 0.5) is 4.79 Å². The third-order valence-electron chi connectivity index (χ3n) is 1.38. The average Bonchev–Trinajstić information content (AvgIpc) is 1.98. The van der Waals surface area contributed by atoms with E-state index >= 15 is 0 Å². The van der Waals surface area contributed by atoms with Crippen LogP contribution in [0.25, 0.3) is 0 Å². The van der Waals surface area contributed by atoms with Crippen molar-refractivity contribution >= 4 is 6.09 Å². The van der Waals surface area contributed by atoms with Gasteiger partial charge < -0.3 is 10.1 Å². The topological polar surface area (TPSA) is 62.1 Å². The van der Waals surface area contributed by atoms with Crippen molar-refractivity contribution in [2.45, 2.75) is 40.2 Å². The number of carbonyl (C=O) groups is 1. The molecule has 0 aliphatic rings. The standard InChI is InChI=1S/C10H18N2O2/c1-9(2,3)14-8(13)12-7-10(4,5)6-11/h7H2,1-5H3,(H,12,13). The molecule has 0 aromatic heterocycles. The fourth-order valence-corrected chi connectivity index (χ4v) is 0.647. The predicted molar refractivity (Wildman–Crippen MR) is 53.6 cm³/mol. The van der Waals surface area contributed by atoms with Crippen LogP contribution in [0.3, 0.4) is 0 Å². The van der Waals surface area contributed by atoms with Crippen molar-refractivity contribution in [2.75, 3.05) is 6.54 Å². The van der Waals surface area contributed by atoms with E-state index in [2.05, 4.69) is 11.4 Å². The molecule has 80 valence electrons. The van der Waals surface area contributed by atoms with Crippen molar-refractivity contribution in [1.82, 2.24) is 5.32 Å². The van der Waals surface area contributed by atoms with Gasteiger partial charge in [-0.1, -0.05) is 0 Å². The van der Waals surface area contributed by atoms with E-state index in [0.29, 0.717) is 6.54 Å². The van der Waals surface area contributed by atoms with Crippen molar-refractivity contribution in [1.29, 1.82) is 5.26 Å². The summed E-state index contributed by atoms with van der Waals surface area (Å²) in [6.45, 7) is 9.18. The molecule has 0 rings (SSSR count). The van der Waals surface area contributed by atoms with Gasteiger partial charge in [-0.2, -0.15) is 5.26 Å². The number of amides is 1. The maximum Gasteiger partial charge on any atom is 0.407 e. The first-order chi connectivity index (χ1) is 6.16. The van der Waals surface area contributed by atoms with Crippen molar-refractivity contribution in [3.8, 4) is 6.07 Å². The zero-order valence-electron chi connectivity index (χ0n) is 9.47. The summed E-state index contributed by atoms with van der Waals surface area (Å²) >= 11 is 0. The second kappa shape index (κ2) is 4.32. The number of alkyl carbamates (subject to hydrolysis) is 1. The second-order valence-electron chi connectivity index (χ2n) is 4.85. The molecular weight excluding hydrogens is 180 g/mol. The van der Waals surface area contributed by atoms with Crippen LogP contribution in [-0.4, -0.2) is 18.2 Å². The van der Waals surface area contributed by atoms with E-state index in [4.69, 9.17) is 10.00 Å². The summed E-state index contributed by atoms with van der Waals surface area (Å²) in [6, 6.07) is 2.09. The Kier molecular flexibility index (Phi) is 3.93. The molecule has 0 aromatic carbocycles. The first-order valence-electron chi connectivity index (χ1n) is 4.54.